The van der Waals surface area contributed by atoms with Gasteiger partial charge in [0, 0.05) is 30.4 Å². The van der Waals surface area contributed by atoms with E-state index in [1.807, 2.05) is 0 Å². The maximum atomic E-state index is 11.6. The molecule has 122 valence electrons. The summed E-state index contributed by atoms with van der Waals surface area (Å²) >= 11 is 0. The topological polar surface area (TPSA) is 144 Å². The minimum absolute atomic E-state index is 0.173. The second kappa shape index (κ2) is 6.05. The first-order valence-corrected chi connectivity index (χ1v) is 6.94. The molecule has 3 heterocycles. The first-order valence-electron chi connectivity index (χ1n) is 6.94. The smallest absolute Gasteiger partial charge is 0.251 e. The standard InChI is InChI=1S/C14H16N4O5/c15-12(22)8-5-16-2-1-7(8)13-17-3-4-18(13)14-11(21)10(20)9(6-19)23-14/h1-5,9-11,14,19-21H,6H2,(H2,15,22)/t9-,10-,11-,14?/m1/s1. The Bertz CT molecular complexity index is 719. The van der Waals surface area contributed by atoms with Gasteiger partial charge in [-0.05, 0) is 6.07 Å². The Morgan fingerprint density at radius 3 is 2.78 bits per heavy atom. The van der Waals surface area contributed by atoms with Gasteiger partial charge in [-0.25, -0.2) is 4.98 Å². The van der Waals surface area contributed by atoms with Gasteiger partial charge in [0.2, 0.25) is 0 Å². The van der Waals surface area contributed by atoms with E-state index in [9.17, 15) is 20.1 Å². The van der Waals surface area contributed by atoms with Crippen molar-refractivity contribution in [3.63, 3.8) is 0 Å². The normalized spacial score (nSPS) is 27.3. The molecule has 23 heavy (non-hydrogen) atoms. The van der Waals surface area contributed by atoms with Gasteiger partial charge in [0.15, 0.2) is 6.23 Å². The summed E-state index contributed by atoms with van der Waals surface area (Å²) in [5, 5.41) is 29.2. The molecule has 0 aliphatic carbocycles. The molecule has 3 rings (SSSR count). The lowest BCUT2D eigenvalue weighted by Crippen LogP contribution is -2.33. The van der Waals surface area contributed by atoms with Crippen LogP contribution in [0.4, 0.5) is 0 Å². The van der Waals surface area contributed by atoms with E-state index in [4.69, 9.17) is 10.5 Å². The molecular formula is C14H16N4O5. The summed E-state index contributed by atoms with van der Waals surface area (Å²) in [5.41, 5.74) is 5.95. The maximum absolute atomic E-state index is 11.6. The van der Waals surface area contributed by atoms with Crippen LogP contribution in [0.2, 0.25) is 0 Å². The van der Waals surface area contributed by atoms with E-state index < -0.39 is 37.1 Å². The molecule has 1 saturated heterocycles. The van der Waals surface area contributed by atoms with Gasteiger partial charge in [0.05, 0.1) is 12.2 Å². The number of nitrogens with two attached hydrogens (primary N) is 1. The highest BCUT2D eigenvalue weighted by atomic mass is 16.6. The monoisotopic (exact) mass is 320 g/mol. The average molecular weight is 320 g/mol. The van der Waals surface area contributed by atoms with E-state index in [0.29, 0.717) is 11.4 Å². The van der Waals surface area contributed by atoms with Gasteiger partial charge < -0.3 is 30.4 Å². The van der Waals surface area contributed by atoms with E-state index in [1.165, 1.54) is 23.2 Å². The summed E-state index contributed by atoms with van der Waals surface area (Å²) in [7, 11) is 0. The van der Waals surface area contributed by atoms with Crippen molar-refractivity contribution in [3.05, 3.63) is 36.4 Å². The quantitative estimate of drug-likeness (QED) is 0.545. The van der Waals surface area contributed by atoms with Gasteiger partial charge in [-0.1, -0.05) is 0 Å². The second-order valence-electron chi connectivity index (χ2n) is 5.17. The van der Waals surface area contributed by atoms with Crippen molar-refractivity contribution >= 4 is 5.91 Å². The minimum atomic E-state index is -1.25. The number of aliphatic hydroxyl groups is 3. The largest absolute Gasteiger partial charge is 0.394 e. The number of hydrogen-bond acceptors (Lipinski definition) is 7. The number of hydrogen-bond donors (Lipinski definition) is 4. The predicted octanol–water partition coefficient (Wildman–Crippen LogP) is -1.34. The Balaban J connectivity index is 2.03. The molecule has 1 fully saturated rings. The Morgan fingerprint density at radius 2 is 2.13 bits per heavy atom. The fourth-order valence-electron chi connectivity index (χ4n) is 2.62. The predicted molar refractivity (Wildman–Crippen MR) is 77.0 cm³/mol. The number of rotatable bonds is 4. The number of ether oxygens (including phenoxy) is 1. The molecule has 4 atom stereocenters. The number of pyridine rings is 1. The summed E-state index contributed by atoms with van der Waals surface area (Å²) < 4.78 is 6.96. The third kappa shape index (κ3) is 2.59. The van der Waals surface area contributed by atoms with Crippen molar-refractivity contribution in [2.45, 2.75) is 24.5 Å². The van der Waals surface area contributed by atoms with Crippen molar-refractivity contribution in [3.8, 4) is 11.4 Å². The van der Waals surface area contributed by atoms with Gasteiger partial charge in [-0.15, -0.1) is 0 Å². The fraction of sp³-hybridized carbons (Fsp3) is 0.357. The number of aliphatic hydroxyl groups excluding tert-OH is 3. The molecule has 0 radical (unpaired) electrons. The molecule has 1 aliphatic heterocycles. The summed E-state index contributed by atoms with van der Waals surface area (Å²) in [5.74, 6) is -0.333. The number of primary amides is 1. The molecule has 0 spiro atoms. The lowest BCUT2D eigenvalue weighted by Gasteiger charge is -2.19. The van der Waals surface area contributed by atoms with Crippen LogP contribution in [-0.4, -0.2) is 60.7 Å². The van der Waals surface area contributed by atoms with Crippen molar-refractivity contribution < 1.29 is 24.9 Å². The van der Waals surface area contributed by atoms with Crippen LogP contribution in [0.5, 0.6) is 0 Å². The SMILES string of the molecule is NC(=O)c1cnccc1-c1nccn1C1O[C@H](CO)[C@@H](O)[C@H]1O. The average Bonchev–Trinajstić information content (AvgIpc) is 3.13. The Kier molecular flexibility index (Phi) is 4.09. The Morgan fingerprint density at radius 1 is 1.35 bits per heavy atom. The Labute approximate surface area is 131 Å². The van der Waals surface area contributed by atoms with Crippen molar-refractivity contribution in [2.24, 2.45) is 5.73 Å². The third-order valence-corrected chi connectivity index (χ3v) is 3.79. The highest BCUT2D eigenvalue weighted by Gasteiger charge is 2.44. The molecule has 0 bridgehead atoms. The summed E-state index contributed by atoms with van der Waals surface area (Å²) in [6, 6.07) is 1.57. The number of carbonyl (C=O) groups excluding carboxylic acids is 1. The van der Waals surface area contributed by atoms with Crippen molar-refractivity contribution in [1.82, 2.24) is 14.5 Å². The van der Waals surface area contributed by atoms with Crippen LogP contribution in [0.1, 0.15) is 16.6 Å². The zero-order valence-electron chi connectivity index (χ0n) is 12.0. The van der Waals surface area contributed by atoms with Crippen LogP contribution in [0.25, 0.3) is 11.4 Å². The van der Waals surface area contributed by atoms with E-state index in [-0.39, 0.29) is 5.56 Å². The zero-order chi connectivity index (χ0) is 16.6. The van der Waals surface area contributed by atoms with Gasteiger partial charge >= 0.3 is 0 Å². The molecule has 9 heteroatoms. The lowest BCUT2D eigenvalue weighted by molar-refractivity contribution is -0.0519. The first-order chi connectivity index (χ1) is 11.0. The van der Waals surface area contributed by atoms with Crippen LogP contribution in [0.15, 0.2) is 30.9 Å². The van der Waals surface area contributed by atoms with Gasteiger partial charge in [-0.2, -0.15) is 0 Å². The summed E-state index contributed by atoms with van der Waals surface area (Å²) in [4.78, 5) is 19.6. The van der Waals surface area contributed by atoms with Crippen LogP contribution < -0.4 is 5.73 Å². The van der Waals surface area contributed by atoms with Gasteiger partial charge in [0.25, 0.3) is 5.91 Å². The molecule has 0 aromatic carbocycles. The van der Waals surface area contributed by atoms with Crippen LogP contribution in [0, 0.1) is 0 Å². The van der Waals surface area contributed by atoms with Gasteiger partial charge in [0.1, 0.15) is 24.1 Å². The second-order valence-corrected chi connectivity index (χ2v) is 5.17. The van der Waals surface area contributed by atoms with E-state index in [1.54, 1.807) is 12.3 Å². The van der Waals surface area contributed by atoms with Crippen molar-refractivity contribution in [2.75, 3.05) is 6.61 Å². The van der Waals surface area contributed by atoms with Crippen LogP contribution >= 0.6 is 0 Å². The number of imidazole rings is 1. The maximum Gasteiger partial charge on any atom is 0.251 e. The number of amides is 1. The molecule has 2 aromatic rings. The summed E-state index contributed by atoms with van der Waals surface area (Å²) in [6.45, 7) is -0.430. The third-order valence-electron chi connectivity index (χ3n) is 3.79. The molecule has 1 aliphatic rings. The Hall–Kier alpha value is -2.33. The summed E-state index contributed by atoms with van der Waals surface area (Å²) in [6.07, 6.45) is 1.49. The lowest BCUT2D eigenvalue weighted by atomic mass is 10.1. The van der Waals surface area contributed by atoms with E-state index >= 15 is 0 Å². The molecule has 9 nitrogen and oxygen atoms in total. The highest BCUT2D eigenvalue weighted by molar-refractivity contribution is 5.98. The van der Waals surface area contributed by atoms with Crippen LogP contribution in [-0.2, 0) is 4.74 Å². The molecule has 2 aromatic heterocycles. The fourth-order valence-corrected chi connectivity index (χ4v) is 2.62. The number of aromatic nitrogens is 3. The van der Waals surface area contributed by atoms with Gasteiger partial charge in [-0.3, -0.25) is 9.78 Å². The molecule has 0 saturated carbocycles. The van der Waals surface area contributed by atoms with Crippen LogP contribution in [0.3, 0.4) is 0 Å². The zero-order valence-corrected chi connectivity index (χ0v) is 12.0. The first kappa shape index (κ1) is 15.6. The molecule has 5 N–H and O–H groups in total. The number of nitrogens with zero attached hydrogens (tertiary/aromatic N) is 3. The van der Waals surface area contributed by atoms with E-state index in [0.717, 1.165) is 0 Å². The highest BCUT2D eigenvalue weighted by Crippen LogP contribution is 2.33. The molecule has 1 amide bonds. The number of carbonyl (C=O) groups is 1. The molecular weight excluding hydrogens is 304 g/mol. The van der Waals surface area contributed by atoms with E-state index in [2.05, 4.69) is 9.97 Å². The van der Waals surface area contributed by atoms with Crippen molar-refractivity contribution in [1.29, 1.82) is 0 Å². The molecule has 1 unspecified atom stereocenters. The minimum Gasteiger partial charge on any atom is -0.394 e.